The number of aromatic nitrogens is 1. The van der Waals surface area contributed by atoms with E-state index in [4.69, 9.17) is 11.6 Å². The standard InChI is InChI=1S/C16H13ClN2/c17-11-12-5-1-3-7-14(12)19-16-9-10-18-15-8-4-2-6-13(15)16/h1-10H,11H2,(H,18,19). The third kappa shape index (κ3) is 2.40. The van der Waals surface area contributed by atoms with Crippen molar-refractivity contribution in [1.29, 1.82) is 0 Å². The Morgan fingerprint density at radius 3 is 2.58 bits per heavy atom. The Hall–Kier alpha value is -2.06. The van der Waals surface area contributed by atoms with Crippen molar-refractivity contribution >= 4 is 33.9 Å². The lowest BCUT2D eigenvalue weighted by Crippen LogP contribution is -1.95. The molecule has 19 heavy (non-hydrogen) atoms. The van der Waals surface area contributed by atoms with Crippen LogP contribution >= 0.6 is 11.6 Å². The molecule has 1 aromatic heterocycles. The van der Waals surface area contributed by atoms with Gasteiger partial charge >= 0.3 is 0 Å². The summed E-state index contributed by atoms with van der Waals surface area (Å²) in [6.07, 6.45) is 1.81. The quantitative estimate of drug-likeness (QED) is 0.696. The average Bonchev–Trinajstić information content (AvgIpc) is 2.48. The van der Waals surface area contributed by atoms with E-state index in [1.54, 1.807) is 0 Å². The zero-order chi connectivity index (χ0) is 13.1. The second-order valence-electron chi connectivity index (χ2n) is 4.29. The van der Waals surface area contributed by atoms with Gasteiger partial charge in [0, 0.05) is 28.8 Å². The maximum absolute atomic E-state index is 5.96. The zero-order valence-electron chi connectivity index (χ0n) is 10.3. The summed E-state index contributed by atoms with van der Waals surface area (Å²) >= 11 is 5.96. The van der Waals surface area contributed by atoms with E-state index >= 15 is 0 Å². The molecular formula is C16H13ClN2. The topological polar surface area (TPSA) is 24.9 Å². The normalized spacial score (nSPS) is 10.6. The molecule has 1 N–H and O–H groups in total. The van der Waals surface area contributed by atoms with Gasteiger partial charge in [-0.1, -0.05) is 36.4 Å². The Balaban J connectivity index is 2.06. The Bertz CT molecular complexity index is 704. The van der Waals surface area contributed by atoms with Crippen molar-refractivity contribution in [3.8, 4) is 0 Å². The number of fused-ring (bicyclic) bond motifs is 1. The molecule has 94 valence electrons. The third-order valence-corrected chi connectivity index (χ3v) is 3.37. The van der Waals surface area contributed by atoms with Gasteiger partial charge < -0.3 is 5.32 Å². The number of benzene rings is 2. The van der Waals surface area contributed by atoms with Gasteiger partial charge in [0.2, 0.25) is 0 Å². The highest BCUT2D eigenvalue weighted by atomic mass is 35.5. The predicted octanol–water partition coefficient (Wildman–Crippen LogP) is 4.72. The van der Waals surface area contributed by atoms with Crippen LogP contribution in [0.4, 0.5) is 11.4 Å². The van der Waals surface area contributed by atoms with Crippen LogP contribution in [-0.4, -0.2) is 4.98 Å². The lowest BCUT2D eigenvalue weighted by molar-refractivity contribution is 1.37. The molecular weight excluding hydrogens is 256 g/mol. The lowest BCUT2D eigenvalue weighted by Gasteiger charge is -2.12. The molecule has 0 unspecified atom stereocenters. The van der Waals surface area contributed by atoms with Gasteiger partial charge in [-0.15, -0.1) is 11.6 Å². The third-order valence-electron chi connectivity index (χ3n) is 3.08. The van der Waals surface area contributed by atoms with Gasteiger partial charge in [-0.2, -0.15) is 0 Å². The van der Waals surface area contributed by atoms with Crippen LogP contribution in [0.3, 0.4) is 0 Å². The Kier molecular flexibility index (Phi) is 3.34. The van der Waals surface area contributed by atoms with Crippen LogP contribution in [0.1, 0.15) is 5.56 Å². The molecule has 3 heteroatoms. The molecule has 3 rings (SSSR count). The average molecular weight is 269 g/mol. The lowest BCUT2D eigenvalue weighted by atomic mass is 10.1. The minimum absolute atomic E-state index is 0.492. The van der Waals surface area contributed by atoms with Gasteiger partial charge in [0.15, 0.2) is 0 Å². The molecule has 2 nitrogen and oxygen atoms in total. The minimum Gasteiger partial charge on any atom is -0.355 e. The number of hydrogen-bond acceptors (Lipinski definition) is 2. The fourth-order valence-electron chi connectivity index (χ4n) is 2.11. The number of hydrogen-bond donors (Lipinski definition) is 1. The first-order valence-electron chi connectivity index (χ1n) is 6.13. The molecule has 0 fully saturated rings. The number of rotatable bonds is 3. The number of para-hydroxylation sites is 2. The summed E-state index contributed by atoms with van der Waals surface area (Å²) < 4.78 is 0. The van der Waals surface area contributed by atoms with E-state index in [0.717, 1.165) is 27.8 Å². The molecule has 0 saturated heterocycles. The van der Waals surface area contributed by atoms with Crippen molar-refractivity contribution in [2.45, 2.75) is 5.88 Å². The summed E-state index contributed by atoms with van der Waals surface area (Å²) in [6, 6.07) is 18.1. The summed E-state index contributed by atoms with van der Waals surface area (Å²) in [5, 5.41) is 4.55. The molecule has 0 bridgehead atoms. The fourth-order valence-corrected chi connectivity index (χ4v) is 2.34. The summed E-state index contributed by atoms with van der Waals surface area (Å²) in [5.41, 5.74) is 4.15. The first-order valence-corrected chi connectivity index (χ1v) is 6.66. The molecule has 0 spiro atoms. The molecule has 0 aliphatic carbocycles. The molecule has 0 saturated carbocycles. The Morgan fingerprint density at radius 1 is 0.895 bits per heavy atom. The molecule has 1 heterocycles. The van der Waals surface area contributed by atoms with Crippen LogP contribution in [0, 0.1) is 0 Å². The van der Waals surface area contributed by atoms with E-state index in [9.17, 15) is 0 Å². The number of pyridine rings is 1. The van der Waals surface area contributed by atoms with Crippen LogP contribution in [0.25, 0.3) is 10.9 Å². The van der Waals surface area contributed by atoms with Gasteiger partial charge in [0.05, 0.1) is 5.52 Å². The maximum Gasteiger partial charge on any atom is 0.0722 e. The van der Waals surface area contributed by atoms with E-state index in [0.29, 0.717) is 5.88 Å². The van der Waals surface area contributed by atoms with Crippen LogP contribution in [0.15, 0.2) is 60.8 Å². The minimum atomic E-state index is 0.492. The molecule has 0 aliphatic rings. The van der Waals surface area contributed by atoms with Crippen LogP contribution in [0.2, 0.25) is 0 Å². The van der Waals surface area contributed by atoms with Crippen molar-refractivity contribution in [3.63, 3.8) is 0 Å². The van der Waals surface area contributed by atoms with Gasteiger partial charge in [0.1, 0.15) is 0 Å². The summed E-state index contributed by atoms with van der Waals surface area (Å²) in [4.78, 5) is 4.36. The van der Waals surface area contributed by atoms with Crippen molar-refractivity contribution in [1.82, 2.24) is 4.98 Å². The zero-order valence-corrected chi connectivity index (χ0v) is 11.1. The predicted molar refractivity (Wildman–Crippen MR) is 81.0 cm³/mol. The smallest absolute Gasteiger partial charge is 0.0722 e. The first kappa shape index (κ1) is 12.0. The van der Waals surface area contributed by atoms with Crippen LogP contribution in [0.5, 0.6) is 0 Å². The molecule has 0 amide bonds. The van der Waals surface area contributed by atoms with E-state index in [-0.39, 0.29) is 0 Å². The van der Waals surface area contributed by atoms with Crippen LogP contribution in [-0.2, 0) is 5.88 Å². The van der Waals surface area contributed by atoms with Gasteiger partial charge in [-0.25, -0.2) is 0 Å². The number of nitrogens with zero attached hydrogens (tertiary/aromatic N) is 1. The molecule has 2 aromatic carbocycles. The Labute approximate surface area is 117 Å². The molecule has 0 atom stereocenters. The summed E-state index contributed by atoms with van der Waals surface area (Å²) in [5.74, 6) is 0.492. The largest absolute Gasteiger partial charge is 0.355 e. The summed E-state index contributed by atoms with van der Waals surface area (Å²) in [6.45, 7) is 0. The van der Waals surface area contributed by atoms with E-state index in [1.807, 2.05) is 54.7 Å². The van der Waals surface area contributed by atoms with Crippen LogP contribution < -0.4 is 5.32 Å². The fraction of sp³-hybridized carbons (Fsp3) is 0.0625. The number of halogens is 1. The molecule has 0 aliphatic heterocycles. The molecule has 3 aromatic rings. The second-order valence-corrected chi connectivity index (χ2v) is 4.56. The maximum atomic E-state index is 5.96. The Morgan fingerprint density at radius 2 is 1.68 bits per heavy atom. The van der Waals surface area contributed by atoms with Gasteiger partial charge in [0.25, 0.3) is 0 Å². The first-order chi connectivity index (χ1) is 9.38. The SMILES string of the molecule is ClCc1ccccc1Nc1ccnc2ccccc12. The molecule has 0 radical (unpaired) electrons. The van der Waals surface area contributed by atoms with Gasteiger partial charge in [-0.05, 0) is 23.8 Å². The highest BCUT2D eigenvalue weighted by molar-refractivity contribution is 6.17. The van der Waals surface area contributed by atoms with E-state index < -0.39 is 0 Å². The van der Waals surface area contributed by atoms with E-state index in [1.165, 1.54) is 0 Å². The van der Waals surface area contributed by atoms with Gasteiger partial charge in [-0.3, -0.25) is 4.98 Å². The number of alkyl halides is 1. The number of nitrogens with one attached hydrogen (secondary N) is 1. The van der Waals surface area contributed by atoms with E-state index in [2.05, 4.69) is 16.4 Å². The second kappa shape index (κ2) is 5.29. The van der Waals surface area contributed by atoms with Crippen molar-refractivity contribution < 1.29 is 0 Å². The number of anilines is 2. The highest BCUT2D eigenvalue weighted by Gasteiger charge is 2.04. The highest BCUT2D eigenvalue weighted by Crippen LogP contribution is 2.27. The van der Waals surface area contributed by atoms with Crippen molar-refractivity contribution in [2.75, 3.05) is 5.32 Å². The monoisotopic (exact) mass is 268 g/mol. The summed E-state index contributed by atoms with van der Waals surface area (Å²) in [7, 11) is 0. The van der Waals surface area contributed by atoms with Crippen molar-refractivity contribution in [3.05, 3.63) is 66.4 Å². The van der Waals surface area contributed by atoms with Crippen molar-refractivity contribution in [2.24, 2.45) is 0 Å².